The quantitative estimate of drug-likeness (QED) is 0.576. The van der Waals surface area contributed by atoms with Gasteiger partial charge in [0.1, 0.15) is 0 Å². The normalized spacial score (nSPS) is 22.5. The summed E-state index contributed by atoms with van der Waals surface area (Å²) >= 11 is 0. The van der Waals surface area contributed by atoms with E-state index in [0.29, 0.717) is 0 Å². The standard InChI is InChI=1S/C14H18P/c1-15(2)10-9-13-12-6-4-3-5-11(12)7-8-14(13)15/h3-6H,7-10H2,1-2H3/q+1. The number of benzene rings is 1. The number of fused-ring (bicyclic) bond motifs is 2. The first-order chi connectivity index (χ1) is 7.18. The van der Waals surface area contributed by atoms with Crippen LogP contribution in [0.4, 0.5) is 0 Å². The molecular formula is C14H18P+. The lowest BCUT2D eigenvalue weighted by Crippen LogP contribution is -2.02. The first-order valence-electron chi connectivity index (χ1n) is 5.82. The van der Waals surface area contributed by atoms with Gasteiger partial charge in [0, 0.05) is 25.7 Å². The Bertz CT molecular complexity index is 440. The predicted molar refractivity (Wildman–Crippen MR) is 69.9 cm³/mol. The van der Waals surface area contributed by atoms with Crippen LogP contribution < -0.4 is 0 Å². The molecular weight excluding hydrogens is 199 g/mol. The van der Waals surface area contributed by atoms with Crippen LogP contribution in [-0.4, -0.2) is 19.5 Å². The van der Waals surface area contributed by atoms with E-state index in [1.54, 1.807) is 16.7 Å². The van der Waals surface area contributed by atoms with Crippen molar-refractivity contribution in [3.63, 3.8) is 0 Å². The zero-order valence-electron chi connectivity index (χ0n) is 9.59. The van der Waals surface area contributed by atoms with E-state index in [9.17, 15) is 0 Å². The lowest BCUT2D eigenvalue weighted by molar-refractivity contribution is 0.958. The Hall–Kier alpha value is -0.610. The molecule has 0 nitrogen and oxygen atoms in total. The summed E-state index contributed by atoms with van der Waals surface area (Å²) in [5, 5.41) is 1.85. The molecule has 0 saturated carbocycles. The Morgan fingerprint density at radius 2 is 1.80 bits per heavy atom. The summed E-state index contributed by atoms with van der Waals surface area (Å²) in [4.78, 5) is 0. The Labute approximate surface area is 92.7 Å². The van der Waals surface area contributed by atoms with E-state index in [1.807, 2.05) is 5.31 Å². The summed E-state index contributed by atoms with van der Waals surface area (Å²) in [7, 11) is -0.701. The molecule has 0 spiro atoms. The number of allylic oxidation sites excluding steroid dienone is 2. The largest absolute Gasteiger partial charge is 0.0752 e. The van der Waals surface area contributed by atoms with Crippen molar-refractivity contribution in [3.05, 3.63) is 40.7 Å². The molecule has 0 saturated heterocycles. The summed E-state index contributed by atoms with van der Waals surface area (Å²) in [6.07, 6.45) is 5.41. The predicted octanol–water partition coefficient (Wildman–Crippen LogP) is 4.02. The van der Waals surface area contributed by atoms with Crippen molar-refractivity contribution in [2.24, 2.45) is 0 Å². The average Bonchev–Trinajstić information content (AvgIpc) is 2.55. The average molecular weight is 217 g/mol. The third-order valence-electron chi connectivity index (χ3n) is 3.97. The maximum Gasteiger partial charge on any atom is 0.0752 e. The molecule has 0 N–H and O–H groups in total. The van der Waals surface area contributed by atoms with Gasteiger partial charge in [-0.2, -0.15) is 0 Å². The van der Waals surface area contributed by atoms with Crippen molar-refractivity contribution in [3.8, 4) is 0 Å². The third kappa shape index (κ3) is 1.39. The summed E-state index contributed by atoms with van der Waals surface area (Å²) in [5.74, 6) is 0. The molecule has 1 aromatic carbocycles. The van der Waals surface area contributed by atoms with Gasteiger partial charge >= 0.3 is 0 Å². The van der Waals surface area contributed by atoms with Gasteiger partial charge in [0.15, 0.2) is 0 Å². The number of hydrogen-bond acceptors (Lipinski definition) is 0. The van der Waals surface area contributed by atoms with Gasteiger partial charge < -0.3 is 0 Å². The molecule has 0 radical (unpaired) electrons. The second kappa shape index (κ2) is 3.19. The SMILES string of the molecule is C[P+]1(C)CCC2=C1CCc1ccccc12. The van der Waals surface area contributed by atoms with E-state index < -0.39 is 7.26 Å². The highest BCUT2D eigenvalue weighted by molar-refractivity contribution is 7.79. The molecule has 1 aromatic rings. The molecule has 0 amide bonds. The lowest BCUT2D eigenvalue weighted by atomic mass is 9.90. The van der Waals surface area contributed by atoms with Crippen LogP contribution in [0.15, 0.2) is 29.6 Å². The van der Waals surface area contributed by atoms with Crippen molar-refractivity contribution in [1.29, 1.82) is 0 Å². The van der Waals surface area contributed by atoms with Crippen LogP contribution >= 0.6 is 7.26 Å². The minimum atomic E-state index is -0.701. The molecule has 2 aliphatic rings. The molecule has 0 bridgehead atoms. The van der Waals surface area contributed by atoms with E-state index >= 15 is 0 Å². The summed E-state index contributed by atoms with van der Waals surface area (Å²) in [5.41, 5.74) is 4.87. The van der Waals surface area contributed by atoms with E-state index in [-0.39, 0.29) is 0 Å². The monoisotopic (exact) mass is 217 g/mol. The summed E-state index contributed by atoms with van der Waals surface area (Å²) < 4.78 is 0. The minimum absolute atomic E-state index is 0.701. The minimum Gasteiger partial charge on any atom is -0.0620 e. The lowest BCUT2D eigenvalue weighted by Gasteiger charge is -2.21. The highest BCUT2D eigenvalue weighted by atomic mass is 31.2. The topological polar surface area (TPSA) is 0 Å². The van der Waals surface area contributed by atoms with Crippen LogP contribution in [0, 0.1) is 0 Å². The fraction of sp³-hybridized carbons (Fsp3) is 0.429. The van der Waals surface area contributed by atoms with Crippen LogP contribution in [0.3, 0.4) is 0 Å². The van der Waals surface area contributed by atoms with Gasteiger partial charge in [0.05, 0.1) is 24.8 Å². The Morgan fingerprint density at radius 3 is 2.67 bits per heavy atom. The second-order valence-corrected chi connectivity index (χ2v) is 9.60. The number of aryl methyl sites for hydroxylation is 1. The molecule has 0 atom stereocenters. The zero-order valence-corrected chi connectivity index (χ0v) is 10.5. The van der Waals surface area contributed by atoms with Crippen LogP contribution in [0.25, 0.3) is 5.57 Å². The molecule has 15 heavy (non-hydrogen) atoms. The van der Waals surface area contributed by atoms with Crippen molar-refractivity contribution in [2.75, 3.05) is 19.5 Å². The van der Waals surface area contributed by atoms with Crippen molar-refractivity contribution in [1.82, 2.24) is 0 Å². The van der Waals surface area contributed by atoms with Gasteiger partial charge in [-0.05, 0) is 17.5 Å². The molecule has 1 aliphatic heterocycles. The zero-order chi connectivity index (χ0) is 10.5. The molecule has 0 unspecified atom stereocenters. The van der Waals surface area contributed by atoms with Crippen LogP contribution in [0.5, 0.6) is 0 Å². The Kier molecular flexibility index (Phi) is 2.04. The van der Waals surface area contributed by atoms with E-state index in [4.69, 9.17) is 0 Å². The van der Waals surface area contributed by atoms with Gasteiger partial charge in [-0.25, -0.2) is 0 Å². The smallest absolute Gasteiger partial charge is 0.0620 e. The number of hydrogen-bond donors (Lipinski definition) is 0. The van der Waals surface area contributed by atoms with Gasteiger partial charge in [0.25, 0.3) is 0 Å². The molecule has 0 aromatic heterocycles. The summed E-state index contributed by atoms with van der Waals surface area (Å²) in [6.45, 7) is 5.03. The fourth-order valence-corrected chi connectivity index (χ4v) is 5.80. The molecule has 1 heterocycles. The highest BCUT2D eigenvalue weighted by Crippen LogP contribution is 2.69. The van der Waals surface area contributed by atoms with Gasteiger partial charge in [-0.1, -0.05) is 24.3 Å². The van der Waals surface area contributed by atoms with E-state index in [1.165, 1.54) is 25.4 Å². The molecule has 3 rings (SSSR count). The van der Waals surface area contributed by atoms with Gasteiger partial charge in [0.2, 0.25) is 0 Å². The van der Waals surface area contributed by atoms with Gasteiger partial charge in [-0.3, -0.25) is 0 Å². The van der Waals surface area contributed by atoms with Crippen molar-refractivity contribution < 1.29 is 0 Å². The van der Waals surface area contributed by atoms with E-state index in [2.05, 4.69) is 37.6 Å². The van der Waals surface area contributed by atoms with Crippen molar-refractivity contribution >= 4 is 12.8 Å². The summed E-state index contributed by atoms with van der Waals surface area (Å²) in [6, 6.07) is 9.01. The molecule has 1 aliphatic carbocycles. The van der Waals surface area contributed by atoms with Crippen LogP contribution in [0.2, 0.25) is 0 Å². The first kappa shape index (κ1) is 9.60. The van der Waals surface area contributed by atoms with Crippen molar-refractivity contribution in [2.45, 2.75) is 19.3 Å². The number of rotatable bonds is 0. The Balaban J connectivity index is 2.18. The third-order valence-corrected chi connectivity index (χ3v) is 7.27. The molecule has 1 heteroatoms. The molecule has 78 valence electrons. The Morgan fingerprint density at radius 1 is 1.00 bits per heavy atom. The second-order valence-electron chi connectivity index (χ2n) is 5.24. The maximum atomic E-state index is 2.52. The highest BCUT2D eigenvalue weighted by Gasteiger charge is 2.41. The van der Waals surface area contributed by atoms with Crippen LogP contribution in [0.1, 0.15) is 24.0 Å². The van der Waals surface area contributed by atoms with E-state index in [0.717, 1.165) is 0 Å². The fourth-order valence-electron chi connectivity index (χ4n) is 3.07. The first-order valence-corrected chi connectivity index (χ1v) is 8.69. The van der Waals surface area contributed by atoms with Gasteiger partial charge in [-0.15, -0.1) is 0 Å². The van der Waals surface area contributed by atoms with Crippen LogP contribution in [-0.2, 0) is 6.42 Å². The maximum absolute atomic E-state index is 2.52. The molecule has 0 fully saturated rings.